The number of aliphatic hydroxyl groups excluding tert-OH is 1. The molecular formula is C25H44ClN5O4. The van der Waals surface area contributed by atoms with Gasteiger partial charge in [0, 0.05) is 36.7 Å². The predicted octanol–water partition coefficient (Wildman–Crippen LogP) is 1.51. The van der Waals surface area contributed by atoms with Crippen LogP contribution in [0.2, 0.25) is 0 Å². The molecule has 0 spiro atoms. The Morgan fingerprint density at radius 3 is 2.63 bits per heavy atom. The van der Waals surface area contributed by atoms with Crippen LogP contribution in [-0.2, 0) is 9.53 Å². The number of hydrazine groups is 1. The number of carbonyl (C=O) groups excluding carboxylic acids is 1. The van der Waals surface area contributed by atoms with Crippen molar-refractivity contribution in [3.05, 3.63) is 0 Å². The summed E-state index contributed by atoms with van der Waals surface area (Å²) in [4.78, 5) is 20.8. The number of nitrogens with zero attached hydrogens (tertiary/aromatic N) is 2. The van der Waals surface area contributed by atoms with E-state index in [-0.39, 0.29) is 48.7 Å². The Balaban J connectivity index is 1.60. The van der Waals surface area contributed by atoms with E-state index in [1.54, 1.807) is 7.11 Å². The number of hydrogen-bond donors (Lipinski definition) is 5. The molecule has 2 heterocycles. The highest BCUT2D eigenvalue weighted by Gasteiger charge is 2.50. The smallest absolute Gasteiger partial charge is 0.222 e. The molecule has 200 valence electrons. The summed E-state index contributed by atoms with van der Waals surface area (Å²) in [6.45, 7) is 5.23. The van der Waals surface area contributed by atoms with E-state index in [2.05, 4.69) is 28.0 Å². The number of halogens is 1. The molecule has 4 rings (SSSR count). The fourth-order valence-corrected chi connectivity index (χ4v) is 6.64. The number of carbonyl (C=O) groups is 1. The van der Waals surface area contributed by atoms with Crippen LogP contribution in [0.5, 0.6) is 0 Å². The largest absolute Gasteiger partial charge is 0.388 e. The van der Waals surface area contributed by atoms with Crippen molar-refractivity contribution >= 4 is 23.2 Å². The fourth-order valence-electron chi connectivity index (χ4n) is 6.38. The molecule has 1 saturated heterocycles. The molecule has 2 aliphatic heterocycles. The molecule has 0 radical (unpaired) electrons. The molecule has 0 aromatic carbocycles. The van der Waals surface area contributed by atoms with Gasteiger partial charge in [-0.05, 0) is 71.6 Å². The molecule has 2 aliphatic carbocycles. The molecule has 5 N–H and O–H groups in total. The zero-order valence-corrected chi connectivity index (χ0v) is 22.3. The van der Waals surface area contributed by atoms with E-state index in [4.69, 9.17) is 21.3 Å². The fraction of sp³-hybridized carbons (Fsp3) is 0.920. The summed E-state index contributed by atoms with van der Waals surface area (Å²) in [6.07, 6.45) is 6.52. The second-order valence-corrected chi connectivity index (χ2v) is 12.1. The Morgan fingerprint density at radius 2 is 1.97 bits per heavy atom. The number of aliphatic hydroxyl groups is 2. The highest BCUT2D eigenvalue weighted by atomic mass is 35.5. The van der Waals surface area contributed by atoms with Crippen LogP contribution in [0, 0.1) is 11.8 Å². The SMILES string of the molecule is COC1CCC2C(C1)C(C1CCC(Cl)CC1)=N[C@@H](CC(=O)NCC(O)C(C)(C)O)C1NNC(C)N21. The van der Waals surface area contributed by atoms with Crippen molar-refractivity contribution < 1.29 is 19.7 Å². The Labute approximate surface area is 214 Å². The van der Waals surface area contributed by atoms with Gasteiger partial charge in [0.25, 0.3) is 0 Å². The van der Waals surface area contributed by atoms with E-state index in [1.807, 2.05) is 0 Å². The van der Waals surface area contributed by atoms with Crippen molar-refractivity contribution in [2.75, 3.05) is 13.7 Å². The minimum Gasteiger partial charge on any atom is -0.388 e. The molecule has 3 fully saturated rings. The molecule has 0 aromatic rings. The van der Waals surface area contributed by atoms with Crippen LogP contribution in [-0.4, -0.2) is 88.0 Å². The van der Waals surface area contributed by atoms with Gasteiger partial charge >= 0.3 is 0 Å². The zero-order chi connectivity index (χ0) is 25.3. The Hall–Kier alpha value is -0.810. The highest BCUT2D eigenvalue weighted by Crippen LogP contribution is 2.41. The summed E-state index contributed by atoms with van der Waals surface area (Å²) >= 11 is 6.45. The molecule has 0 aromatic heterocycles. The summed E-state index contributed by atoms with van der Waals surface area (Å²) in [7, 11) is 1.80. The monoisotopic (exact) mass is 513 g/mol. The van der Waals surface area contributed by atoms with Crippen molar-refractivity contribution in [2.24, 2.45) is 16.8 Å². The Kier molecular flexibility index (Phi) is 8.78. The van der Waals surface area contributed by atoms with Crippen molar-refractivity contribution in [1.82, 2.24) is 21.1 Å². The summed E-state index contributed by atoms with van der Waals surface area (Å²) in [5.74, 6) is 0.507. The van der Waals surface area contributed by atoms with Gasteiger partial charge < -0.3 is 20.3 Å². The number of ether oxygens (including phenoxy) is 1. The number of nitrogens with one attached hydrogen (secondary N) is 3. The number of fused-ring (bicyclic) bond motifs is 3. The van der Waals surface area contributed by atoms with E-state index in [1.165, 1.54) is 19.6 Å². The Morgan fingerprint density at radius 1 is 1.26 bits per heavy atom. The lowest BCUT2D eigenvalue weighted by Crippen LogP contribution is -2.55. The van der Waals surface area contributed by atoms with Gasteiger partial charge in [-0.3, -0.25) is 14.7 Å². The van der Waals surface area contributed by atoms with E-state index in [0.29, 0.717) is 17.9 Å². The average molecular weight is 514 g/mol. The van der Waals surface area contributed by atoms with Crippen LogP contribution in [0.3, 0.4) is 0 Å². The maximum atomic E-state index is 13.0. The number of alkyl halides is 1. The van der Waals surface area contributed by atoms with Crippen LogP contribution in [0.25, 0.3) is 0 Å². The van der Waals surface area contributed by atoms with Crippen molar-refractivity contribution in [1.29, 1.82) is 0 Å². The minimum atomic E-state index is -1.28. The van der Waals surface area contributed by atoms with Crippen LogP contribution < -0.4 is 16.2 Å². The van der Waals surface area contributed by atoms with E-state index < -0.39 is 11.7 Å². The summed E-state index contributed by atoms with van der Waals surface area (Å²) in [5.41, 5.74) is 6.77. The lowest BCUT2D eigenvalue weighted by molar-refractivity contribution is -0.123. The van der Waals surface area contributed by atoms with Crippen LogP contribution in [0.15, 0.2) is 4.99 Å². The number of aliphatic imine (C=N–C) groups is 1. The van der Waals surface area contributed by atoms with Gasteiger partial charge in [-0.1, -0.05) is 0 Å². The van der Waals surface area contributed by atoms with Crippen molar-refractivity contribution in [3.63, 3.8) is 0 Å². The lowest BCUT2D eigenvalue weighted by atomic mass is 9.72. The number of methoxy groups -OCH3 is 1. The lowest BCUT2D eigenvalue weighted by Gasteiger charge is -2.44. The first-order valence-corrected chi connectivity index (χ1v) is 13.7. The van der Waals surface area contributed by atoms with Gasteiger partial charge in [-0.15, -0.1) is 11.6 Å². The number of rotatable bonds is 7. The van der Waals surface area contributed by atoms with Gasteiger partial charge in [0.15, 0.2) is 0 Å². The molecule has 6 unspecified atom stereocenters. The van der Waals surface area contributed by atoms with Gasteiger partial charge in [-0.2, -0.15) is 0 Å². The first-order valence-electron chi connectivity index (χ1n) is 13.3. The summed E-state index contributed by atoms with van der Waals surface area (Å²) < 4.78 is 5.81. The molecule has 0 bridgehead atoms. The van der Waals surface area contributed by atoms with Crippen LogP contribution in [0.4, 0.5) is 0 Å². The van der Waals surface area contributed by atoms with Gasteiger partial charge in [-0.25, -0.2) is 10.9 Å². The number of amides is 1. The van der Waals surface area contributed by atoms with Gasteiger partial charge in [0.2, 0.25) is 5.91 Å². The normalized spacial score (nSPS) is 39.2. The third kappa shape index (κ3) is 6.20. The maximum Gasteiger partial charge on any atom is 0.222 e. The number of hydrogen-bond acceptors (Lipinski definition) is 8. The van der Waals surface area contributed by atoms with E-state index in [0.717, 1.165) is 44.9 Å². The molecule has 2 saturated carbocycles. The van der Waals surface area contributed by atoms with Gasteiger partial charge in [0.1, 0.15) is 0 Å². The summed E-state index contributed by atoms with van der Waals surface area (Å²) in [6, 6.07) is 0.0727. The molecule has 4 aliphatic rings. The van der Waals surface area contributed by atoms with Gasteiger partial charge in [0.05, 0.1) is 42.6 Å². The maximum absolute atomic E-state index is 13.0. The van der Waals surface area contributed by atoms with Crippen molar-refractivity contribution in [3.8, 4) is 0 Å². The Bertz CT molecular complexity index is 769. The first-order chi connectivity index (χ1) is 16.6. The molecular weight excluding hydrogens is 470 g/mol. The molecule has 1 amide bonds. The van der Waals surface area contributed by atoms with Crippen LogP contribution in [0.1, 0.15) is 72.1 Å². The van der Waals surface area contributed by atoms with E-state index in [9.17, 15) is 15.0 Å². The molecule has 10 heteroatoms. The second-order valence-electron chi connectivity index (χ2n) is 11.4. The van der Waals surface area contributed by atoms with Crippen molar-refractivity contribution in [2.45, 2.75) is 120 Å². The highest BCUT2D eigenvalue weighted by molar-refractivity contribution is 6.20. The third-order valence-electron chi connectivity index (χ3n) is 8.53. The van der Waals surface area contributed by atoms with Crippen LogP contribution >= 0.6 is 11.6 Å². The topological polar surface area (TPSA) is 118 Å². The van der Waals surface area contributed by atoms with E-state index >= 15 is 0 Å². The standard InChI is InChI=1S/C25H44ClN5O4/c1-14-29-30-24-19(12-22(33)27-13-21(32)25(2,3)34)28-23(15-5-7-16(26)8-6-15)18-11-17(35-4)9-10-20(18)31(14)24/h14-21,24,29-30,32,34H,5-13H2,1-4H3,(H,27,33)/t14?,15?,16?,17?,18?,19-,20?,21?,24?/m0/s1. The predicted molar refractivity (Wildman–Crippen MR) is 136 cm³/mol. The molecule has 35 heavy (non-hydrogen) atoms. The third-order valence-corrected chi connectivity index (χ3v) is 8.96. The molecule has 7 atom stereocenters. The minimum absolute atomic E-state index is 0.00257. The first kappa shape index (κ1) is 27.2. The quantitative estimate of drug-likeness (QED) is 0.327. The molecule has 9 nitrogen and oxygen atoms in total. The summed E-state index contributed by atoms with van der Waals surface area (Å²) in [5, 5.41) is 23.2. The second kappa shape index (κ2) is 11.3. The average Bonchev–Trinajstić information content (AvgIpc) is 3.14. The zero-order valence-electron chi connectivity index (χ0n) is 21.5.